The minimum absolute atomic E-state index is 0.00335. The zero-order chi connectivity index (χ0) is 19.9. The van der Waals surface area contributed by atoms with E-state index in [2.05, 4.69) is 26.1 Å². The second-order valence-corrected chi connectivity index (χ2v) is 5.97. The zero-order valence-electron chi connectivity index (χ0n) is 14.4. The Balaban J connectivity index is 1.76. The molecule has 1 aromatic heterocycles. The van der Waals surface area contributed by atoms with Crippen LogP contribution in [0.2, 0.25) is 5.02 Å². The lowest BCUT2D eigenvalue weighted by Gasteiger charge is -2.11. The highest BCUT2D eigenvalue weighted by atomic mass is 35.5. The molecule has 9 nitrogen and oxygen atoms in total. The van der Waals surface area contributed by atoms with Crippen LogP contribution >= 0.6 is 11.6 Å². The Morgan fingerprint density at radius 2 is 1.71 bits per heavy atom. The van der Waals surface area contributed by atoms with E-state index in [4.69, 9.17) is 11.6 Å². The summed E-state index contributed by atoms with van der Waals surface area (Å²) in [5, 5.41) is 15.0. The van der Waals surface area contributed by atoms with Crippen LogP contribution in [0.4, 0.5) is 17.3 Å². The smallest absolute Gasteiger partial charge is 0.354 e. The highest BCUT2D eigenvalue weighted by molar-refractivity contribution is 6.31. The molecule has 3 aromatic rings. The van der Waals surface area contributed by atoms with E-state index in [1.165, 1.54) is 0 Å². The van der Waals surface area contributed by atoms with E-state index in [-0.39, 0.29) is 18.2 Å². The van der Waals surface area contributed by atoms with Gasteiger partial charge in [0.25, 0.3) is 5.91 Å². The van der Waals surface area contributed by atoms with Crippen molar-refractivity contribution in [2.75, 3.05) is 10.7 Å². The third kappa shape index (κ3) is 4.51. The summed E-state index contributed by atoms with van der Waals surface area (Å²) in [6.45, 7) is 0.230. The summed E-state index contributed by atoms with van der Waals surface area (Å²) in [5.74, 6) is -0.610. The van der Waals surface area contributed by atoms with Crippen LogP contribution in [0.3, 0.4) is 0 Å². The summed E-state index contributed by atoms with van der Waals surface area (Å²) in [6.07, 6.45) is 1.15. The topological polar surface area (TPSA) is 122 Å². The van der Waals surface area contributed by atoms with Crippen LogP contribution in [0.15, 0.2) is 60.9 Å². The van der Waals surface area contributed by atoms with Gasteiger partial charge in [-0.3, -0.25) is 25.8 Å². The number of hydrogen-bond donors (Lipinski definition) is 3. The monoisotopic (exact) mass is 398 g/mol. The lowest BCUT2D eigenvalue weighted by Crippen LogP contribution is -2.30. The minimum Gasteiger partial charge on any atom is -0.360 e. The van der Waals surface area contributed by atoms with E-state index >= 15 is 0 Å². The van der Waals surface area contributed by atoms with Crippen molar-refractivity contribution >= 4 is 34.8 Å². The van der Waals surface area contributed by atoms with Gasteiger partial charge in [0.15, 0.2) is 0 Å². The first kappa shape index (κ1) is 19.1. The summed E-state index contributed by atoms with van der Waals surface area (Å²) < 4.78 is 0. The number of halogens is 1. The van der Waals surface area contributed by atoms with Crippen molar-refractivity contribution in [3.63, 3.8) is 0 Å². The molecule has 0 saturated carbocycles. The SMILES string of the molecule is O=C(NNc1ncnc(NCc2ccccc2Cl)c1[N+](=O)[O-])c1ccccc1. The maximum atomic E-state index is 12.1. The molecular formula is C18H15ClN6O3. The molecule has 0 aliphatic heterocycles. The van der Waals surface area contributed by atoms with Crippen molar-refractivity contribution in [2.45, 2.75) is 6.54 Å². The Bertz CT molecular complexity index is 1000. The molecule has 1 heterocycles. The van der Waals surface area contributed by atoms with Crippen LogP contribution in [0.5, 0.6) is 0 Å². The predicted octanol–water partition coefficient (Wildman–Crippen LogP) is 3.41. The number of hydrogen-bond acceptors (Lipinski definition) is 7. The second-order valence-electron chi connectivity index (χ2n) is 5.57. The average Bonchev–Trinajstić information content (AvgIpc) is 2.71. The van der Waals surface area contributed by atoms with Gasteiger partial charge in [-0.2, -0.15) is 0 Å². The number of anilines is 2. The molecule has 0 unspecified atom stereocenters. The quantitative estimate of drug-likeness (QED) is 0.411. The Kier molecular flexibility index (Phi) is 5.97. The predicted molar refractivity (Wildman–Crippen MR) is 105 cm³/mol. The molecule has 1 amide bonds. The third-order valence-electron chi connectivity index (χ3n) is 3.74. The Morgan fingerprint density at radius 3 is 2.43 bits per heavy atom. The van der Waals surface area contributed by atoms with Gasteiger partial charge in [0.1, 0.15) is 6.33 Å². The van der Waals surface area contributed by atoms with Gasteiger partial charge in [0.05, 0.1) is 4.92 Å². The van der Waals surface area contributed by atoms with Crippen molar-refractivity contribution in [3.8, 4) is 0 Å². The minimum atomic E-state index is -0.633. The second kappa shape index (κ2) is 8.78. The molecule has 0 saturated heterocycles. The Labute approximate surface area is 164 Å². The van der Waals surface area contributed by atoms with Crippen molar-refractivity contribution in [1.82, 2.24) is 15.4 Å². The van der Waals surface area contributed by atoms with E-state index in [0.29, 0.717) is 10.6 Å². The van der Waals surface area contributed by atoms with Crippen LogP contribution in [-0.2, 0) is 6.54 Å². The fraction of sp³-hybridized carbons (Fsp3) is 0.0556. The highest BCUT2D eigenvalue weighted by Gasteiger charge is 2.23. The van der Waals surface area contributed by atoms with E-state index in [0.717, 1.165) is 11.9 Å². The number of benzene rings is 2. The van der Waals surface area contributed by atoms with Crippen LogP contribution in [0.1, 0.15) is 15.9 Å². The van der Waals surface area contributed by atoms with Gasteiger partial charge in [0, 0.05) is 17.1 Å². The summed E-state index contributed by atoms with van der Waals surface area (Å²) in [7, 11) is 0. The van der Waals surface area contributed by atoms with E-state index in [9.17, 15) is 14.9 Å². The van der Waals surface area contributed by atoms with Crippen molar-refractivity contribution in [2.24, 2.45) is 0 Å². The van der Waals surface area contributed by atoms with E-state index in [1.54, 1.807) is 48.5 Å². The average molecular weight is 399 g/mol. The molecule has 0 spiro atoms. The summed E-state index contributed by atoms with van der Waals surface area (Å²) in [4.78, 5) is 30.8. The number of rotatable bonds is 7. The Hall–Kier alpha value is -3.72. The van der Waals surface area contributed by atoms with Gasteiger partial charge in [-0.25, -0.2) is 9.97 Å². The summed E-state index contributed by atoms with van der Waals surface area (Å²) in [5.41, 5.74) is 5.62. The number of aromatic nitrogens is 2. The van der Waals surface area contributed by atoms with Crippen molar-refractivity contribution < 1.29 is 9.72 Å². The van der Waals surface area contributed by atoms with Gasteiger partial charge >= 0.3 is 5.69 Å². The van der Waals surface area contributed by atoms with Crippen LogP contribution in [0.25, 0.3) is 0 Å². The van der Waals surface area contributed by atoms with Crippen LogP contribution in [-0.4, -0.2) is 20.8 Å². The van der Waals surface area contributed by atoms with Gasteiger partial charge in [-0.1, -0.05) is 48.0 Å². The number of nitrogens with zero attached hydrogens (tertiary/aromatic N) is 3. The number of nitrogens with one attached hydrogen (secondary N) is 3. The largest absolute Gasteiger partial charge is 0.360 e. The lowest BCUT2D eigenvalue weighted by molar-refractivity contribution is -0.383. The molecule has 0 fully saturated rings. The molecule has 3 rings (SSSR count). The third-order valence-corrected chi connectivity index (χ3v) is 4.11. The fourth-order valence-electron chi connectivity index (χ4n) is 2.37. The van der Waals surface area contributed by atoms with Gasteiger partial charge in [-0.05, 0) is 23.8 Å². The first-order chi connectivity index (χ1) is 13.6. The van der Waals surface area contributed by atoms with Crippen LogP contribution in [0, 0.1) is 10.1 Å². The zero-order valence-corrected chi connectivity index (χ0v) is 15.2. The Morgan fingerprint density at radius 1 is 1.04 bits per heavy atom. The molecule has 2 aromatic carbocycles. The lowest BCUT2D eigenvalue weighted by atomic mass is 10.2. The van der Waals surface area contributed by atoms with Crippen LogP contribution < -0.4 is 16.2 Å². The molecule has 0 bridgehead atoms. The molecule has 0 aliphatic rings. The number of nitro groups is 1. The molecule has 0 aliphatic carbocycles. The number of carbonyl (C=O) groups is 1. The molecule has 0 radical (unpaired) electrons. The number of hydrazine groups is 1. The highest BCUT2D eigenvalue weighted by Crippen LogP contribution is 2.29. The molecular weight excluding hydrogens is 384 g/mol. The standard InChI is InChI=1S/C18H15ClN6O3/c19-14-9-5-4-8-13(14)10-20-16-15(25(27)28)17(22-11-21-16)23-24-18(26)12-6-2-1-3-7-12/h1-9,11H,10H2,(H,24,26)(H2,20,21,22,23). The molecule has 0 atom stereocenters. The van der Waals surface area contributed by atoms with Gasteiger partial charge in [-0.15, -0.1) is 0 Å². The van der Waals surface area contributed by atoms with Crippen molar-refractivity contribution in [1.29, 1.82) is 0 Å². The van der Waals surface area contributed by atoms with Gasteiger partial charge < -0.3 is 5.32 Å². The normalized spacial score (nSPS) is 10.2. The first-order valence-electron chi connectivity index (χ1n) is 8.14. The first-order valence-corrected chi connectivity index (χ1v) is 8.52. The molecule has 3 N–H and O–H groups in total. The number of carbonyl (C=O) groups excluding carboxylic acids is 1. The van der Waals surface area contributed by atoms with Gasteiger partial charge in [0.2, 0.25) is 11.6 Å². The maximum Gasteiger partial charge on any atom is 0.354 e. The molecule has 142 valence electrons. The fourth-order valence-corrected chi connectivity index (χ4v) is 2.57. The maximum absolute atomic E-state index is 12.1. The number of amides is 1. The summed E-state index contributed by atoms with van der Waals surface area (Å²) >= 11 is 6.10. The van der Waals surface area contributed by atoms with Crippen molar-refractivity contribution in [3.05, 3.63) is 87.2 Å². The summed E-state index contributed by atoms with van der Waals surface area (Å²) in [6, 6.07) is 15.5. The van der Waals surface area contributed by atoms with E-state index in [1.807, 2.05) is 6.07 Å². The molecule has 10 heteroatoms. The van der Waals surface area contributed by atoms with E-state index < -0.39 is 16.5 Å². The molecule has 28 heavy (non-hydrogen) atoms.